The summed E-state index contributed by atoms with van der Waals surface area (Å²) in [7, 11) is 0. The van der Waals surface area contributed by atoms with Crippen molar-refractivity contribution in [3.63, 3.8) is 0 Å². The lowest BCUT2D eigenvalue weighted by molar-refractivity contribution is 0.102. The number of hydrogen-bond donors (Lipinski definition) is 1. The van der Waals surface area contributed by atoms with Gasteiger partial charge in [-0.2, -0.15) is 0 Å². The number of nitrogens with zero attached hydrogens (tertiary/aromatic N) is 1. The monoisotopic (exact) mass is 470 g/mol. The molecule has 4 rings (SSSR count). The Labute approximate surface area is 207 Å². The van der Waals surface area contributed by atoms with E-state index in [2.05, 4.69) is 38.2 Å². The number of aromatic nitrogens is 1. The molecule has 0 aliphatic carbocycles. The van der Waals surface area contributed by atoms with E-state index < -0.39 is 0 Å². The molecule has 1 amide bonds. The molecule has 0 aliphatic heterocycles. The van der Waals surface area contributed by atoms with Crippen molar-refractivity contribution in [2.75, 3.05) is 11.9 Å². The van der Waals surface area contributed by atoms with Crippen LogP contribution in [0.5, 0.6) is 5.75 Å². The van der Waals surface area contributed by atoms with Gasteiger partial charge >= 0.3 is 0 Å². The van der Waals surface area contributed by atoms with Gasteiger partial charge in [-0.3, -0.25) is 4.79 Å². The Morgan fingerprint density at radius 3 is 2.60 bits per heavy atom. The van der Waals surface area contributed by atoms with Gasteiger partial charge in [-0.15, -0.1) is 0 Å². The van der Waals surface area contributed by atoms with Crippen LogP contribution in [-0.4, -0.2) is 17.5 Å². The third-order valence-corrected chi connectivity index (χ3v) is 6.34. The number of fused-ring (bicyclic) bond motifs is 1. The second-order valence-electron chi connectivity index (χ2n) is 9.02. The number of hydrogen-bond acceptors (Lipinski definition) is 4. The topological polar surface area (TPSA) is 64.4 Å². The molecule has 1 heterocycles. The number of nitrogens with one attached hydrogen (secondary N) is 1. The first-order valence-corrected chi connectivity index (χ1v) is 12.6. The van der Waals surface area contributed by atoms with Gasteiger partial charge in [-0.05, 0) is 78.9 Å². The summed E-state index contributed by atoms with van der Waals surface area (Å²) >= 11 is 0. The SMILES string of the molecule is CCCCCCOc1ccc(C(=O)Nc2cccc(-c3nc4cc(C(C)CC)ccc4o3)c2)cc1. The summed E-state index contributed by atoms with van der Waals surface area (Å²) in [6.45, 7) is 7.29. The first-order chi connectivity index (χ1) is 17.1. The van der Waals surface area contributed by atoms with E-state index in [1.807, 2.05) is 42.5 Å². The summed E-state index contributed by atoms with van der Waals surface area (Å²) in [4.78, 5) is 17.5. The summed E-state index contributed by atoms with van der Waals surface area (Å²) in [5, 5.41) is 2.97. The molecule has 4 aromatic rings. The quantitative estimate of drug-likeness (QED) is 0.224. The van der Waals surface area contributed by atoms with Crippen LogP contribution < -0.4 is 10.1 Å². The molecule has 0 saturated carbocycles. The number of anilines is 1. The molecular formula is C30H34N2O3. The zero-order valence-electron chi connectivity index (χ0n) is 20.8. The van der Waals surface area contributed by atoms with Crippen molar-refractivity contribution in [1.29, 1.82) is 0 Å². The van der Waals surface area contributed by atoms with Crippen LogP contribution in [0.1, 0.15) is 74.7 Å². The van der Waals surface area contributed by atoms with Crippen LogP contribution >= 0.6 is 0 Å². The lowest BCUT2D eigenvalue weighted by Gasteiger charge is -2.08. The third kappa shape index (κ3) is 6.30. The molecule has 1 N–H and O–H groups in total. The summed E-state index contributed by atoms with van der Waals surface area (Å²) in [6.07, 6.45) is 5.74. The smallest absolute Gasteiger partial charge is 0.255 e. The maximum Gasteiger partial charge on any atom is 0.255 e. The zero-order valence-corrected chi connectivity index (χ0v) is 20.8. The molecule has 5 heteroatoms. The van der Waals surface area contributed by atoms with Crippen molar-refractivity contribution in [3.8, 4) is 17.2 Å². The normalized spacial score (nSPS) is 12.0. The maximum absolute atomic E-state index is 12.8. The first kappa shape index (κ1) is 24.5. The van der Waals surface area contributed by atoms with Crippen molar-refractivity contribution in [2.24, 2.45) is 0 Å². The van der Waals surface area contributed by atoms with Crippen LogP contribution in [0.3, 0.4) is 0 Å². The predicted molar refractivity (Wildman–Crippen MR) is 142 cm³/mol. The van der Waals surface area contributed by atoms with Gasteiger partial charge in [0.2, 0.25) is 5.89 Å². The molecule has 1 aromatic heterocycles. The van der Waals surface area contributed by atoms with Gasteiger partial charge in [0.25, 0.3) is 5.91 Å². The number of carbonyl (C=O) groups excluding carboxylic acids is 1. The Hall–Kier alpha value is -3.60. The summed E-state index contributed by atoms with van der Waals surface area (Å²) in [5.74, 6) is 1.63. The molecule has 0 saturated heterocycles. The van der Waals surface area contributed by atoms with Gasteiger partial charge in [0.1, 0.15) is 11.3 Å². The Morgan fingerprint density at radius 2 is 1.83 bits per heavy atom. The maximum atomic E-state index is 12.8. The van der Waals surface area contributed by atoms with Crippen molar-refractivity contribution in [3.05, 3.63) is 77.9 Å². The van der Waals surface area contributed by atoms with Crippen LogP contribution in [0.2, 0.25) is 0 Å². The van der Waals surface area contributed by atoms with E-state index >= 15 is 0 Å². The molecule has 182 valence electrons. The fraction of sp³-hybridized carbons (Fsp3) is 0.333. The minimum Gasteiger partial charge on any atom is -0.494 e. The molecule has 5 nitrogen and oxygen atoms in total. The second-order valence-corrected chi connectivity index (χ2v) is 9.02. The molecule has 1 unspecified atom stereocenters. The molecule has 0 spiro atoms. The number of amides is 1. The molecule has 1 atom stereocenters. The number of oxazole rings is 1. The van der Waals surface area contributed by atoms with Crippen LogP contribution in [0.15, 0.2) is 71.1 Å². The van der Waals surface area contributed by atoms with E-state index in [1.54, 1.807) is 12.1 Å². The van der Waals surface area contributed by atoms with Crippen LogP contribution in [0.4, 0.5) is 5.69 Å². The van der Waals surface area contributed by atoms with Gasteiger partial charge < -0.3 is 14.5 Å². The molecule has 0 bridgehead atoms. The van der Waals surface area contributed by atoms with Crippen LogP contribution in [-0.2, 0) is 0 Å². The largest absolute Gasteiger partial charge is 0.494 e. The Kier molecular flexibility index (Phi) is 8.19. The number of ether oxygens (including phenoxy) is 1. The van der Waals surface area contributed by atoms with E-state index in [-0.39, 0.29) is 5.91 Å². The predicted octanol–water partition coefficient (Wildman–Crippen LogP) is 8.22. The highest BCUT2D eigenvalue weighted by molar-refractivity contribution is 6.04. The highest BCUT2D eigenvalue weighted by Crippen LogP contribution is 2.29. The van der Waals surface area contributed by atoms with Crippen molar-refractivity contribution >= 4 is 22.7 Å². The lowest BCUT2D eigenvalue weighted by atomic mass is 9.98. The van der Waals surface area contributed by atoms with Crippen molar-refractivity contribution in [1.82, 2.24) is 4.98 Å². The van der Waals surface area contributed by atoms with Gasteiger partial charge in [0, 0.05) is 16.8 Å². The van der Waals surface area contributed by atoms with E-state index in [0.717, 1.165) is 35.3 Å². The minimum atomic E-state index is -0.174. The fourth-order valence-electron chi connectivity index (χ4n) is 3.96. The summed E-state index contributed by atoms with van der Waals surface area (Å²) in [5.41, 5.74) is 4.94. The molecular weight excluding hydrogens is 436 g/mol. The van der Waals surface area contributed by atoms with Crippen LogP contribution in [0.25, 0.3) is 22.6 Å². The minimum absolute atomic E-state index is 0.174. The van der Waals surface area contributed by atoms with Gasteiger partial charge in [-0.1, -0.05) is 52.2 Å². The van der Waals surface area contributed by atoms with Crippen molar-refractivity contribution < 1.29 is 13.9 Å². The van der Waals surface area contributed by atoms with Crippen LogP contribution in [0, 0.1) is 0 Å². The number of carbonyl (C=O) groups is 1. The van der Waals surface area contributed by atoms with Gasteiger partial charge in [0.05, 0.1) is 6.61 Å². The first-order valence-electron chi connectivity index (χ1n) is 12.6. The van der Waals surface area contributed by atoms with E-state index in [0.29, 0.717) is 29.7 Å². The highest BCUT2D eigenvalue weighted by Gasteiger charge is 2.13. The van der Waals surface area contributed by atoms with E-state index in [9.17, 15) is 4.79 Å². The summed E-state index contributed by atoms with van der Waals surface area (Å²) in [6, 6.07) is 21.0. The standard InChI is InChI=1S/C30H34N2O3/c1-4-6-7-8-18-34-26-15-12-22(13-16-26)29(33)31-25-11-9-10-24(19-25)30-32-27-20-23(21(3)5-2)14-17-28(27)35-30/h9-17,19-21H,4-8,18H2,1-3H3,(H,31,33). The lowest BCUT2D eigenvalue weighted by Crippen LogP contribution is -2.11. The third-order valence-electron chi connectivity index (χ3n) is 6.34. The van der Waals surface area contributed by atoms with Gasteiger partial charge in [-0.25, -0.2) is 4.98 Å². The number of rotatable bonds is 11. The van der Waals surface area contributed by atoms with E-state index in [1.165, 1.54) is 24.8 Å². The molecule has 0 aliphatic rings. The summed E-state index contributed by atoms with van der Waals surface area (Å²) < 4.78 is 11.8. The average Bonchev–Trinajstić information content (AvgIpc) is 3.32. The molecule has 0 radical (unpaired) electrons. The molecule has 3 aromatic carbocycles. The Balaban J connectivity index is 1.41. The Bertz CT molecular complexity index is 1260. The second kappa shape index (κ2) is 11.7. The van der Waals surface area contributed by atoms with Gasteiger partial charge in [0.15, 0.2) is 5.58 Å². The average molecular weight is 471 g/mol. The zero-order chi connectivity index (χ0) is 24.6. The number of unbranched alkanes of at least 4 members (excludes halogenated alkanes) is 3. The molecule has 0 fully saturated rings. The fourth-order valence-corrected chi connectivity index (χ4v) is 3.96. The van der Waals surface area contributed by atoms with E-state index in [4.69, 9.17) is 14.1 Å². The number of benzene rings is 3. The molecule has 35 heavy (non-hydrogen) atoms. The Morgan fingerprint density at radius 1 is 1.00 bits per heavy atom. The highest BCUT2D eigenvalue weighted by atomic mass is 16.5. The van der Waals surface area contributed by atoms with Crippen molar-refractivity contribution in [2.45, 2.75) is 58.8 Å².